The van der Waals surface area contributed by atoms with E-state index in [2.05, 4.69) is 15.9 Å². The van der Waals surface area contributed by atoms with Gasteiger partial charge < -0.3 is 10.6 Å². The second kappa shape index (κ2) is 4.14. The number of hydrogen-bond acceptors (Lipinski definition) is 2. The average Bonchev–Trinajstić information content (AvgIpc) is 2.32. The van der Waals surface area contributed by atoms with Gasteiger partial charge in [-0.1, -0.05) is 15.9 Å². The van der Waals surface area contributed by atoms with Crippen LogP contribution in [0.3, 0.4) is 0 Å². The molecule has 1 aliphatic rings. The quantitative estimate of drug-likeness (QED) is 0.791. The van der Waals surface area contributed by atoms with E-state index >= 15 is 0 Å². The van der Waals surface area contributed by atoms with Crippen LogP contribution >= 0.6 is 15.9 Å². The summed E-state index contributed by atoms with van der Waals surface area (Å²) in [6.07, 6.45) is 0.973. The molecule has 1 atom stereocenters. The number of halogens is 2. The first kappa shape index (κ1) is 11.5. The zero-order chi connectivity index (χ0) is 11.9. The summed E-state index contributed by atoms with van der Waals surface area (Å²) in [5.74, 6) is -0.464. The van der Waals surface area contributed by atoms with E-state index in [4.69, 9.17) is 5.73 Å². The lowest BCUT2D eigenvalue weighted by atomic mass is 10.1. The third-order valence-corrected chi connectivity index (χ3v) is 3.31. The predicted molar refractivity (Wildman–Crippen MR) is 63.8 cm³/mol. The molecule has 2 rings (SSSR count). The van der Waals surface area contributed by atoms with Crippen molar-refractivity contribution in [2.24, 2.45) is 5.73 Å². The van der Waals surface area contributed by atoms with Gasteiger partial charge in [0.05, 0.1) is 11.7 Å². The average molecular weight is 287 g/mol. The van der Waals surface area contributed by atoms with Crippen LogP contribution in [0.5, 0.6) is 0 Å². The minimum absolute atomic E-state index is 0.170. The van der Waals surface area contributed by atoms with Crippen LogP contribution in [0.25, 0.3) is 0 Å². The summed E-state index contributed by atoms with van der Waals surface area (Å²) in [7, 11) is 1.62. The van der Waals surface area contributed by atoms with E-state index < -0.39 is 6.04 Å². The summed E-state index contributed by atoms with van der Waals surface area (Å²) in [6.45, 7) is 0. The number of nitrogens with two attached hydrogens (primary N) is 1. The molecule has 0 spiro atoms. The van der Waals surface area contributed by atoms with E-state index in [1.54, 1.807) is 13.1 Å². The highest BCUT2D eigenvalue weighted by Crippen LogP contribution is 2.31. The van der Waals surface area contributed by atoms with Crippen molar-refractivity contribution in [1.82, 2.24) is 0 Å². The Balaban J connectivity index is 2.57. The Hall–Kier alpha value is -0.940. The Morgan fingerprint density at radius 1 is 1.56 bits per heavy atom. The molecule has 0 aliphatic carbocycles. The first-order valence-corrected chi connectivity index (χ1v) is 5.81. The number of amides is 1. The SMILES string of the molecule is CN1C(=O)C(N)CCc2c(F)cc(Br)cc21. The molecule has 86 valence electrons. The van der Waals surface area contributed by atoms with Crippen LogP contribution in [0.15, 0.2) is 16.6 Å². The number of carbonyl (C=O) groups is 1. The maximum absolute atomic E-state index is 13.7. The summed E-state index contributed by atoms with van der Waals surface area (Å²) in [4.78, 5) is 13.2. The highest BCUT2D eigenvalue weighted by Gasteiger charge is 2.27. The molecule has 2 N–H and O–H groups in total. The molecular formula is C11H12BrFN2O. The summed E-state index contributed by atoms with van der Waals surface area (Å²) in [5, 5.41) is 0. The van der Waals surface area contributed by atoms with Gasteiger partial charge >= 0.3 is 0 Å². The summed E-state index contributed by atoms with van der Waals surface area (Å²) in [6, 6.07) is 2.61. The van der Waals surface area contributed by atoms with E-state index in [0.29, 0.717) is 28.6 Å². The standard InChI is InChI=1S/C11H12BrFN2O/c1-15-10-5-6(12)4-8(13)7(10)2-3-9(14)11(15)16/h4-5,9H,2-3,14H2,1H3. The van der Waals surface area contributed by atoms with Crippen LogP contribution in [0.4, 0.5) is 10.1 Å². The minimum Gasteiger partial charge on any atom is -0.320 e. The number of rotatable bonds is 0. The largest absolute Gasteiger partial charge is 0.320 e. The van der Waals surface area contributed by atoms with Crippen molar-refractivity contribution in [3.05, 3.63) is 28.0 Å². The number of anilines is 1. The van der Waals surface area contributed by atoms with Crippen LogP contribution in [0.1, 0.15) is 12.0 Å². The highest BCUT2D eigenvalue weighted by molar-refractivity contribution is 9.10. The van der Waals surface area contributed by atoms with Gasteiger partial charge in [0.1, 0.15) is 5.82 Å². The zero-order valence-electron chi connectivity index (χ0n) is 8.84. The van der Waals surface area contributed by atoms with Crippen molar-refractivity contribution in [3.63, 3.8) is 0 Å². The summed E-state index contributed by atoms with van der Waals surface area (Å²) < 4.78 is 14.4. The molecule has 3 nitrogen and oxygen atoms in total. The van der Waals surface area contributed by atoms with Crippen LogP contribution < -0.4 is 10.6 Å². The van der Waals surface area contributed by atoms with E-state index in [9.17, 15) is 9.18 Å². The Bertz CT molecular complexity index is 450. The van der Waals surface area contributed by atoms with E-state index in [-0.39, 0.29) is 11.7 Å². The molecule has 0 saturated heterocycles. The Kier molecular flexibility index (Phi) is 2.99. The lowest BCUT2D eigenvalue weighted by Crippen LogP contribution is -2.40. The van der Waals surface area contributed by atoms with Crippen LogP contribution in [-0.2, 0) is 11.2 Å². The molecule has 0 bridgehead atoms. The van der Waals surface area contributed by atoms with Gasteiger partial charge in [0.15, 0.2) is 0 Å². The molecule has 1 amide bonds. The fourth-order valence-corrected chi connectivity index (χ4v) is 2.35. The van der Waals surface area contributed by atoms with Crippen molar-refractivity contribution in [2.75, 3.05) is 11.9 Å². The zero-order valence-corrected chi connectivity index (χ0v) is 10.4. The number of benzene rings is 1. The third kappa shape index (κ3) is 1.85. The molecule has 0 aromatic heterocycles. The van der Waals surface area contributed by atoms with Gasteiger partial charge in [-0.2, -0.15) is 0 Å². The van der Waals surface area contributed by atoms with Gasteiger partial charge in [0.2, 0.25) is 5.91 Å². The molecule has 1 heterocycles. The third-order valence-electron chi connectivity index (χ3n) is 2.85. The summed E-state index contributed by atoms with van der Waals surface area (Å²) >= 11 is 3.22. The number of nitrogens with zero attached hydrogens (tertiary/aromatic N) is 1. The molecular weight excluding hydrogens is 275 g/mol. The molecule has 0 fully saturated rings. The Labute approximate surface area is 102 Å². The van der Waals surface area contributed by atoms with Crippen molar-refractivity contribution < 1.29 is 9.18 Å². The molecule has 0 saturated carbocycles. The van der Waals surface area contributed by atoms with E-state index in [0.717, 1.165) is 0 Å². The normalized spacial score (nSPS) is 20.6. The van der Waals surface area contributed by atoms with Crippen molar-refractivity contribution in [2.45, 2.75) is 18.9 Å². The van der Waals surface area contributed by atoms with Gasteiger partial charge in [-0.05, 0) is 25.0 Å². The van der Waals surface area contributed by atoms with E-state index in [1.165, 1.54) is 11.0 Å². The lowest BCUT2D eigenvalue weighted by Gasteiger charge is -2.19. The van der Waals surface area contributed by atoms with Crippen molar-refractivity contribution in [1.29, 1.82) is 0 Å². The number of likely N-dealkylation sites (N-methyl/N-ethyl adjacent to an activating group) is 1. The first-order valence-electron chi connectivity index (χ1n) is 5.02. The van der Waals surface area contributed by atoms with Crippen LogP contribution in [0, 0.1) is 5.82 Å². The van der Waals surface area contributed by atoms with Crippen LogP contribution in [-0.4, -0.2) is 19.0 Å². The Morgan fingerprint density at radius 3 is 2.94 bits per heavy atom. The number of hydrogen-bond donors (Lipinski definition) is 1. The smallest absolute Gasteiger partial charge is 0.243 e. The van der Waals surface area contributed by atoms with Gasteiger partial charge in [-0.15, -0.1) is 0 Å². The van der Waals surface area contributed by atoms with Crippen molar-refractivity contribution >= 4 is 27.5 Å². The summed E-state index contributed by atoms with van der Waals surface area (Å²) in [5.41, 5.74) is 6.87. The van der Waals surface area contributed by atoms with Crippen LogP contribution in [0.2, 0.25) is 0 Å². The highest BCUT2D eigenvalue weighted by atomic mass is 79.9. The van der Waals surface area contributed by atoms with E-state index in [1.807, 2.05) is 0 Å². The molecule has 1 aliphatic heterocycles. The topological polar surface area (TPSA) is 46.3 Å². The molecule has 1 aromatic carbocycles. The second-order valence-electron chi connectivity index (χ2n) is 3.93. The lowest BCUT2D eigenvalue weighted by molar-refractivity contribution is -0.119. The van der Waals surface area contributed by atoms with Gasteiger partial charge in [0, 0.05) is 17.1 Å². The Morgan fingerprint density at radius 2 is 2.25 bits per heavy atom. The molecule has 1 unspecified atom stereocenters. The number of fused-ring (bicyclic) bond motifs is 1. The van der Waals surface area contributed by atoms with Gasteiger partial charge in [-0.3, -0.25) is 4.79 Å². The maximum Gasteiger partial charge on any atom is 0.243 e. The van der Waals surface area contributed by atoms with Gasteiger partial charge in [0.25, 0.3) is 0 Å². The fraction of sp³-hybridized carbons (Fsp3) is 0.364. The predicted octanol–water partition coefficient (Wildman–Crippen LogP) is 1.82. The molecule has 0 radical (unpaired) electrons. The minimum atomic E-state index is -0.546. The monoisotopic (exact) mass is 286 g/mol. The first-order chi connectivity index (χ1) is 7.50. The van der Waals surface area contributed by atoms with Gasteiger partial charge in [-0.25, -0.2) is 4.39 Å². The molecule has 5 heteroatoms. The maximum atomic E-state index is 13.7. The molecule has 16 heavy (non-hydrogen) atoms. The second-order valence-corrected chi connectivity index (χ2v) is 4.84. The fourth-order valence-electron chi connectivity index (χ4n) is 1.93. The van der Waals surface area contributed by atoms with Crippen molar-refractivity contribution in [3.8, 4) is 0 Å². The number of carbonyl (C=O) groups excluding carboxylic acids is 1. The molecule has 1 aromatic rings.